The molecule has 0 heterocycles. The predicted molar refractivity (Wildman–Crippen MR) is 86.2 cm³/mol. The SMILES string of the molecule is Cc1ccccc1[C@@H](N[S@@](=O)C(C)(C)C)C(=O)OC(C)C. The van der Waals surface area contributed by atoms with Crippen LogP contribution in [0.3, 0.4) is 0 Å². The van der Waals surface area contributed by atoms with Crippen molar-refractivity contribution in [3.8, 4) is 0 Å². The van der Waals surface area contributed by atoms with E-state index >= 15 is 0 Å². The number of hydrogen-bond acceptors (Lipinski definition) is 3. The molecule has 0 saturated heterocycles. The maximum absolute atomic E-state index is 12.3. The van der Waals surface area contributed by atoms with Gasteiger partial charge in [-0.3, -0.25) is 0 Å². The van der Waals surface area contributed by atoms with E-state index in [-0.39, 0.29) is 6.10 Å². The Labute approximate surface area is 129 Å². The fourth-order valence-electron chi connectivity index (χ4n) is 1.73. The lowest BCUT2D eigenvalue weighted by atomic mass is 10.0. The summed E-state index contributed by atoms with van der Waals surface area (Å²) in [6, 6.07) is 6.82. The summed E-state index contributed by atoms with van der Waals surface area (Å²) in [5, 5.41) is 0. The van der Waals surface area contributed by atoms with Crippen molar-refractivity contribution in [1.29, 1.82) is 0 Å². The van der Waals surface area contributed by atoms with E-state index in [0.29, 0.717) is 0 Å². The molecule has 5 heteroatoms. The molecule has 0 amide bonds. The lowest BCUT2D eigenvalue weighted by molar-refractivity contribution is -0.149. The first-order valence-corrected chi connectivity index (χ1v) is 8.22. The Bertz CT molecular complexity index is 520. The molecule has 1 aromatic carbocycles. The van der Waals surface area contributed by atoms with Crippen LogP contribution in [-0.4, -0.2) is 21.0 Å². The average Bonchev–Trinajstić information content (AvgIpc) is 2.34. The van der Waals surface area contributed by atoms with Gasteiger partial charge in [-0.1, -0.05) is 24.3 Å². The van der Waals surface area contributed by atoms with Gasteiger partial charge in [-0.05, 0) is 52.7 Å². The van der Waals surface area contributed by atoms with Gasteiger partial charge in [0, 0.05) is 0 Å². The first-order valence-electron chi connectivity index (χ1n) is 7.07. The van der Waals surface area contributed by atoms with Crippen molar-refractivity contribution in [3.63, 3.8) is 0 Å². The normalized spacial score (nSPS) is 14.8. The van der Waals surface area contributed by atoms with E-state index in [4.69, 9.17) is 4.74 Å². The maximum atomic E-state index is 12.3. The maximum Gasteiger partial charge on any atom is 0.328 e. The Morgan fingerprint density at radius 3 is 2.29 bits per heavy atom. The molecule has 0 aliphatic heterocycles. The molecule has 1 aromatic rings. The van der Waals surface area contributed by atoms with Crippen molar-refractivity contribution in [3.05, 3.63) is 35.4 Å². The van der Waals surface area contributed by atoms with Gasteiger partial charge in [-0.25, -0.2) is 13.7 Å². The third-order valence-corrected chi connectivity index (χ3v) is 4.43. The van der Waals surface area contributed by atoms with Gasteiger partial charge in [0.15, 0.2) is 0 Å². The van der Waals surface area contributed by atoms with Crippen molar-refractivity contribution in [2.75, 3.05) is 0 Å². The van der Waals surface area contributed by atoms with Crippen LogP contribution in [0.1, 0.15) is 51.8 Å². The van der Waals surface area contributed by atoms with E-state index in [2.05, 4.69) is 4.72 Å². The van der Waals surface area contributed by atoms with Crippen LogP contribution in [0.25, 0.3) is 0 Å². The van der Waals surface area contributed by atoms with Gasteiger partial charge < -0.3 is 4.74 Å². The van der Waals surface area contributed by atoms with Gasteiger partial charge >= 0.3 is 5.97 Å². The summed E-state index contributed by atoms with van der Waals surface area (Å²) in [6.07, 6.45) is -0.214. The van der Waals surface area contributed by atoms with E-state index in [0.717, 1.165) is 11.1 Å². The van der Waals surface area contributed by atoms with Crippen LogP contribution in [-0.2, 0) is 20.5 Å². The molecule has 0 aliphatic rings. The minimum absolute atomic E-state index is 0.214. The van der Waals surface area contributed by atoms with E-state index in [1.165, 1.54) is 0 Å². The molecule has 0 aromatic heterocycles. The summed E-state index contributed by atoms with van der Waals surface area (Å²) in [4.78, 5) is 12.3. The Hall–Kier alpha value is -1.20. The van der Waals surface area contributed by atoms with E-state index < -0.39 is 27.7 Å². The van der Waals surface area contributed by atoms with Crippen LogP contribution >= 0.6 is 0 Å². The third kappa shape index (κ3) is 5.25. The Balaban J connectivity index is 3.09. The number of hydrogen-bond donors (Lipinski definition) is 1. The number of ether oxygens (including phenoxy) is 1. The molecule has 4 nitrogen and oxygen atoms in total. The molecule has 1 rings (SSSR count). The highest BCUT2D eigenvalue weighted by atomic mass is 32.2. The Morgan fingerprint density at radius 1 is 1.24 bits per heavy atom. The number of carbonyl (C=O) groups excluding carboxylic acids is 1. The number of aryl methyl sites for hydroxylation is 1. The summed E-state index contributed by atoms with van der Waals surface area (Å²) < 4.78 is 20.1. The van der Waals surface area contributed by atoms with E-state index in [1.54, 1.807) is 13.8 Å². The molecule has 0 spiro atoms. The first kappa shape index (κ1) is 17.9. The smallest absolute Gasteiger partial charge is 0.328 e. The number of esters is 1. The van der Waals surface area contributed by atoms with Crippen LogP contribution in [0, 0.1) is 6.92 Å². The highest BCUT2D eigenvalue weighted by molar-refractivity contribution is 7.84. The van der Waals surface area contributed by atoms with Crippen molar-refractivity contribution in [2.24, 2.45) is 0 Å². The molecule has 0 aliphatic carbocycles. The van der Waals surface area contributed by atoms with Crippen LogP contribution in [0.5, 0.6) is 0 Å². The van der Waals surface area contributed by atoms with Crippen molar-refractivity contribution in [2.45, 2.75) is 58.4 Å². The predicted octanol–water partition coefficient (Wildman–Crippen LogP) is 3.04. The zero-order chi connectivity index (χ0) is 16.2. The minimum Gasteiger partial charge on any atom is -0.462 e. The monoisotopic (exact) mass is 311 g/mol. The van der Waals surface area contributed by atoms with Gasteiger partial charge in [-0.2, -0.15) is 0 Å². The van der Waals surface area contributed by atoms with E-state index in [1.807, 2.05) is 52.0 Å². The first-order chi connectivity index (χ1) is 9.62. The molecule has 118 valence electrons. The van der Waals surface area contributed by atoms with Gasteiger partial charge in [0.25, 0.3) is 0 Å². The van der Waals surface area contributed by atoms with Crippen LogP contribution in [0.15, 0.2) is 24.3 Å². The third-order valence-electron chi connectivity index (χ3n) is 2.87. The summed E-state index contributed by atoms with van der Waals surface area (Å²) in [7, 11) is -1.36. The van der Waals surface area contributed by atoms with Gasteiger partial charge in [0.2, 0.25) is 0 Å². The largest absolute Gasteiger partial charge is 0.462 e. The molecular weight excluding hydrogens is 286 g/mol. The second-order valence-corrected chi connectivity index (χ2v) is 8.27. The molecule has 0 saturated carbocycles. The van der Waals surface area contributed by atoms with Gasteiger partial charge in [0.05, 0.1) is 21.8 Å². The summed E-state index contributed by atoms with van der Waals surface area (Å²) in [5.74, 6) is -0.406. The second kappa shape index (κ2) is 7.18. The van der Waals surface area contributed by atoms with Crippen molar-refractivity contribution >= 4 is 17.0 Å². The summed E-state index contributed by atoms with van der Waals surface area (Å²) >= 11 is 0. The molecule has 0 unspecified atom stereocenters. The molecule has 21 heavy (non-hydrogen) atoms. The zero-order valence-corrected chi connectivity index (χ0v) is 14.4. The molecule has 0 radical (unpaired) electrons. The van der Waals surface area contributed by atoms with Crippen molar-refractivity contribution < 1.29 is 13.7 Å². The molecule has 0 bridgehead atoms. The Kier molecular flexibility index (Phi) is 6.10. The van der Waals surface area contributed by atoms with E-state index in [9.17, 15) is 9.00 Å². The minimum atomic E-state index is -1.36. The van der Waals surface area contributed by atoms with Crippen LogP contribution < -0.4 is 4.72 Å². The highest BCUT2D eigenvalue weighted by Gasteiger charge is 2.30. The van der Waals surface area contributed by atoms with Gasteiger partial charge in [-0.15, -0.1) is 0 Å². The summed E-state index contributed by atoms with van der Waals surface area (Å²) in [5.41, 5.74) is 1.75. The topological polar surface area (TPSA) is 55.4 Å². The number of benzene rings is 1. The number of rotatable bonds is 5. The fourth-order valence-corrected chi connectivity index (χ4v) is 2.52. The highest BCUT2D eigenvalue weighted by Crippen LogP contribution is 2.22. The van der Waals surface area contributed by atoms with Crippen LogP contribution in [0.2, 0.25) is 0 Å². The van der Waals surface area contributed by atoms with Crippen molar-refractivity contribution in [1.82, 2.24) is 4.72 Å². The number of nitrogens with one attached hydrogen (secondary N) is 1. The zero-order valence-electron chi connectivity index (χ0n) is 13.6. The summed E-state index contributed by atoms with van der Waals surface area (Å²) in [6.45, 7) is 11.1. The quantitative estimate of drug-likeness (QED) is 0.850. The average molecular weight is 311 g/mol. The molecule has 2 atom stereocenters. The molecular formula is C16H25NO3S. The second-order valence-electron chi connectivity index (χ2n) is 6.27. The lowest BCUT2D eigenvalue weighted by Crippen LogP contribution is -2.40. The standard InChI is InChI=1S/C16H25NO3S/c1-11(2)20-15(18)14(17-21(19)16(4,5)6)13-10-8-7-9-12(13)3/h7-11,14,17H,1-6H3/t14-,21+/m1/s1. The lowest BCUT2D eigenvalue weighted by Gasteiger charge is -2.25. The van der Waals surface area contributed by atoms with Crippen LogP contribution in [0.4, 0.5) is 0 Å². The fraction of sp³-hybridized carbons (Fsp3) is 0.562. The molecule has 0 fully saturated rings. The Morgan fingerprint density at radius 2 is 1.81 bits per heavy atom. The number of carbonyl (C=O) groups is 1. The molecule has 1 N–H and O–H groups in total. The van der Waals surface area contributed by atoms with Gasteiger partial charge in [0.1, 0.15) is 6.04 Å².